The molecular weight excluding hydrogens is 376 g/mol. The van der Waals surface area contributed by atoms with Gasteiger partial charge in [-0.2, -0.15) is 9.78 Å². The highest BCUT2D eigenvalue weighted by atomic mass is 16.2. The Morgan fingerprint density at radius 2 is 1.63 bits per heavy atom. The molecule has 0 aliphatic rings. The predicted octanol–water partition coefficient (Wildman–Crippen LogP) is 3.68. The van der Waals surface area contributed by atoms with Crippen LogP contribution in [0.15, 0.2) is 71.7 Å². The molecule has 2 heterocycles. The third-order valence-electron chi connectivity index (χ3n) is 5.52. The number of para-hydroxylation sites is 1. The third-order valence-corrected chi connectivity index (χ3v) is 5.52. The number of nitrogens with one attached hydrogen (secondary N) is 1. The first-order valence-corrected chi connectivity index (χ1v) is 9.95. The number of carbonyl (C=O) groups is 1. The molecule has 4 rings (SSSR count). The number of carbonyl (C=O) groups excluding carboxylic acids is 1. The van der Waals surface area contributed by atoms with Crippen LogP contribution in [0.25, 0.3) is 16.5 Å². The van der Waals surface area contributed by atoms with Crippen LogP contribution in [-0.4, -0.2) is 20.3 Å². The van der Waals surface area contributed by atoms with Crippen LogP contribution in [-0.2, 0) is 11.3 Å². The Balaban J connectivity index is 1.66. The van der Waals surface area contributed by atoms with Gasteiger partial charge in [-0.3, -0.25) is 9.59 Å². The van der Waals surface area contributed by atoms with Gasteiger partial charge in [-0.1, -0.05) is 48.5 Å². The maximum absolute atomic E-state index is 13.2. The lowest BCUT2D eigenvalue weighted by molar-refractivity contribution is -0.122. The van der Waals surface area contributed by atoms with E-state index in [4.69, 9.17) is 0 Å². The normalized spacial score (nSPS) is 12.1. The van der Waals surface area contributed by atoms with Gasteiger partial charge < -0.3 is 9.88 Å². The summed E-state index contributed by atoms with van der Waals surface area (Å²) in [6.45, 7) is 5.90. The first-order chi connectivity index (χ1) is 14.5. The van der Waals surface area contributed by atoms with Crippen molar-refractivity contribution in [2.75, 3.05) is 0 Å². The van der Waals surface area contributed by atoms with Gasteiger partial charge >= 0.3 is 0 Å². The van der Waals surface area contributed by atoms with Gasteiger partial charge in [0.2, 0.25) is 5.91 Å². The minimum Gasteiger partial charge on any atom is -0.348 e. The second-order valence-electron chi connectivity index (χ2n) is 7.44. The molecule has 0 bridgehead atoms. The SMILES string of the molecule is Cc1c2cnn(-c3ccccc3)c(=O)c2c(C)n1CC(=O)NC(C)c1ccccc1. The molecule has 0 saturated carbocycles. The van der Waals surface area contributed by atoms with E-state index in [0.29, 0.717) is 11.1 Å². The Hall–Kier alpha value is -3.67. The van der Waals surface area contributed by atoms with Crippen molar-refractivity contribution in [2.24, 2.45) is 0 Å². The van der Waals surface area contributed by atoms with Gasteiger partial charge in [0.1, 0.15) is 6.54 Å². The van der Waals surface area contributed by atoms with E-state index < -0.39 is 0 Å². The van der Waals surface area contributed by atoms with E-state index in [9.17, 15) is 9.59 Å². The largest absolute Gasteiger partial charge is 0.348 e. The number of benzene rings is 2. The molecule has 2 aromatic heterocycles. The van der Waals surface area contributed by atoms with Gasteiger partial charge in [0.05, 0.1) is 23.3 Å². The lowest BCUT2D eigenvalue weighted by atomic mass is 10.1. The highest BCUT2D eigenvalue weighted by molar-refractivity contribution is 5.88. The molecule has 4 aromatic rings. The number of amides is 1. The van der Waals surface area contributed by atoms with Crippen molar-refractivity contribution < 1.29 is 4.79 Å². The first-order valence-electron chi connectivity index (χ1n) is 9.95. The van der Waals surface area contributed by atoms with E-state index in [-0.39, 0.29) is 24.1 Å². The lowest BCUT2D eigenvalue weighted by Crippen LogP contribution is -2.30. The number of aromatic nitrogens is 3. The van der Waals surface area contributed by atoms with E-state index in [1.807, 2.05) is 86.0 Å². The number of fused-ring (bicyclic) bond motifs is 1. The summed E-state index contributed by atoms with van der Waals surface area (Å²) in [6.07, 6.45) is 1.70. The van der Waals surface area contributed by atoms with Crippen molar-refractivity contribution in [3.63, 3.8) is 0 Å². The Labute approximate surface area is 174 Å². The molecule has 0 aliphatic heterocycles. The van der Waals surface area contributed by atoms with E-state index in [2.05, 4.69) is 10.4 Å². The zero-order valence-corrected chi connectivity index (χ0v) is 17.3. The Morgan fingerprint density at radius 1 is 1.00 bits per heavy atom. The molecule has 2 aromatic carbocycles. The van der Waals surface area contributed by atoms with Gasteiger partial charge in [-0.15, -0.1) is 0 Å². The second-order valence-corrected chi connectivity index (χ2v) is 7.44. The minimum atomic E-state index is -0.184. The topological polar surface area (TPSA) is 68.9 Å². The molecule has 1 N–H and O–H groups in total. The van der Waals surface area contributed by atoms with Gasteiger partial charge in [0.15, 0.2) is 0 Å². The van der Waals surface area contributed by atoms with Crippen LogP contribution >= 0.6 is 0 Å². The van der Waals surface area contributed by atoms with Crippen molar-refractivity contribution in [1.29, 1.82) is 0 Å². The fraction of sp³-hybridized carbons (Fsp3) is 0.208. The summed E-state index contributed by atoms with van der Waals surface area (Å²) >= 11 is 0. The van der Waals surface area contributed by atoms with Crippen LogP contribution in [0, 0.1) is 13.8 Å². The number of rotatable bonds is 5. The molecular formula is C24H24N4O2. The second kappa shape index (κ2) is 7.99. The predicted molar refractivity (Wildman–Crippen MR) is 118 cm³/mol. The summed E-state index contributed by atoms with van der Waals surface area (Å²) in [7, 11) is 0. The van der Waals surface area contributed by atoms with Crippen molar-refractivity contribution in [1.82, 2.24) is 19.7 Å². The summed E-state index contributed by atoms with van der Waals surface area (Å²) < 4.78 is 3.28. The monoisotopic (exact) mass is 400 g/mol. The fourth-order valence-electron chi connectivity index (χ4n) is 3.86. The van der Waals surface area contributed by atoms with Crippen molar-refractivity contribution in [2.45, 2.75) is 33.4 Å². The van der Waals surface area contributed by atoms with E-state index in [1.165, 1.54) is 4.68 Å². The van der Waals surface area contributed by atoms with Crippen LogP contribution in [0.3, 0.4) is 0 Å². The smallest absolute Gasteiger partial charge is 0.281 e. The fourth-order valence-corrected chi connectivity index (χ4v) is 3.86. The van der Waals surface area contributed by atoms with E-state index >= 15 is 0 Å². The lowest BCUT2D eigenvalue weighted by Gasteiger charge is -2.16. The number of nitrogens with zero attached hydrogens (tertiary/aromatic N) is 3. The zero-order chi connectivity index (χ0) is 21.3. The highest BCUT2D eigenvalue weighted by Crippen LogP contribution is 2.22. The van der Waals surface area contributed by atoms with Crippen molar-refractivity contribution in [3.05, 3.63) is 94.2 Å². The molecule has 1 atom stereocenters. The van der Waals surface area contributed by atoms with Gasteiger partial charge in [-0.25, -0.2) is 0 Å². The van der Waals surface area contributed by atoms with Gasteiger partial charge in [-0.05, 0) is 38.5 Å². The van der Waals surface area contributed by atoms with E-state index in [0.717, 1.165) is 22.3 Å². The number of aryl methyl sites for hydroxylation is 2. The van der Waals surface area contributed by atoms with E-state index in [1.54, 1.807) is 6.20 Å². The molecule has 0 radical (unpaired) electrons. The highest BCUT2D eigenvalue weighted by Gasteiger charge is 2.19. The summed E-state index contributed by atoms with van der Waals surface area (Å²) in [6, 6.07) is 19.1. The van der Waals surface area contributed by atoms with Gasteiger partial charge in [0, 0.05) is 16.8 Å². The summed E-state index contributed by atoms with van der Waals surface area (Å²) in [5.74, 6) is -0.103. The first kappa shape index (κ1) is 19.6. The van der Waals surface area contributed by atoms with Crippen LogP contribution in [0.2, 0.25) is 0 Å². The summed E-state index contributed by atoms with van der Waals surface area (Å²) in [5, 5.41) is 8.75. The molecule has 6 heteroatoms. The Morgan fingerprint density at radius 3 is 2.30 bits per heavy atom. The standard InChI is InChI=1S/C24H24N4O2/c1-16(19-10-6-4-7-11-19)26-22(29)15-27-17(2)21-14-25-28(20-12-8-5-9-13-20)24(30)23(21)18(27)3/h4-14,16H,15H2,1-3H3,(H,26,29). The van der Waals surface area contributed by atoms with Crippen LogP contribution in [0.4, 0.5) is 0 Å². The minimum absolute atomic E-state index is 0.0961. The zero-order valence-electron chi connectivity index (χ0n) is 17.3. The van der Waals surface area contributed by atoms with Crippen molar-refractivity contribution >= 4 is 16.7 Å². The van der Waals surface area contributed by atoms with Gasteiger partial charge in [0.25, 0.3) is 5.56 Å². The quantitative estimate of drug-likeness (QED) is 0.556. The molecule has 1 unspecified atom stereocenters. The molecule has 0 fully saturated rings. The summed E-state index contributed by atoms with van der Waals surface area (Å²) in [5.41, 5.74) is 3.20. The maximum Gasteiger partial charge on any atom is 0.281 e. The molecule has 6 nitrogen and oxygen atoms in total. The Kier molecular flexibility index (Phi) is 5.23. The maximum atomic E-state index is 13.2. The molecule has 0 spiro atoms. The number of hydrogen-bond donors (Lipinski definition) is 1. The molecule has 152 valence electrons. The molecule has 30 heavy (non-hydrogen) atoms. The molecule has 0 saturated heterocycles. The average molecular weight is 400 g/mol. The van der Waals surface area contributed by atoms with Crippen LogP contribution in [0.5, 0.6) is 0 Å². The Bertz CT molecular complexity index is 1260. The molecule has 0 aliphatic carbocycles. The van der Waals surface area contributed by atoms with Crippen molar-refractivity contribution in [3.8, 4) is 5.69 Å². The summed E-state index contributed by atoms with van der Waals surface area (Å²) in [4.78, 5) is 25.9. The average Bonchev–Trinajstić information content (AvgIpc) is 3.00. The number of hydrogen-bond acceptors (Lipinski definition) is 3. The van der Waals surface area contributed by atoms with Crippen LogP contribution in [0.1, 0.15) is 29.9 Å². The third kappa shape index (κ3) is 3.52. The molecule has 1 amide bonds. The van der Waals surface area contributed by atoms with Crippen LogP contribution < -0.4 is 10.9 Å².